The quantitative estimate of drug-likeness (QED) is 0.898. The van der Waals surface area contributed by atoms with Crippen LogP contribution in [0.2, 0.25) is 0 Å². The molecule has 5 heteroatoms. The van der Waals surface area contributed by atoms with E-state index in [1.807, 2.05) is 0 Å². The van der Waals surface area contributed by atoms with Crippen molar-refractivity contribution < 1.29 is 9.18 Å². The average Bonchev–Trinajstić information content (AvgIpc) is 2.41. The fraction of sp³-hybridized carbons (Fsp3) is 0.462. The number of benzene rings is 1. The first kappa shape index (κ1) is 13.5. The van der Waals surface area contributed by atoms with Gasteiger partial charge in [-0.25, -0.2) is 4.39 Å². The van der Waals surface area contributed by atoms with Crippen LogP contribution in [-0.2, 0) is 11.3 Å². The Labute approximate surface area is 114 Å². The number of carbonyl (C=O) groups is 1. The summed E-state index contributed by atoms with van der Waals surface area (Å²) < 4.78 is 13.7. The van der Waals surface area contributed by atoms with E-state index in [0.29, 0.717) is 11.0 Å². The molecular weight excluding hydrogens is 299 g/mol. The third-order valence-electron chi connectivity index (χ3n) is 3.16. The van der Waals surface area contributed by atoms with Gasteiger partial charge in [-0.2, -0.15) is 0 Å². The highest BCUT2D eigenvalue weighted by atomic mass is 79.9. The maximum atomic E-state index is 13.3. The van der Waals surface area contributed by atoms with Gasteiger partial charge in [0, 0.05) is 12.5 Å². The lowest BCUT2D eigenvalue weighted by atomic mass is 9.97. The van der Waals surface area contributed by atoms with E-state index in [1.54, 1.807) is 12.1 Å². The molecule has 1 heterocycles. The summed E-state index contributed by atoms with van der Waals surface area (Å²) in [6.45, 7) is 2.17. The fourth-order valence-electron chi connectivity index (χ4n) is 2.07. The molecule has 0 unspecified atom stereocenters. The molecular formula is C13H16BrFN2O. The second-order valence-corrected chi connectivity index (χ2v) is 5.34. The van der Waals surface area contributed by atoms with E-state index in [2.05, 4.69) is 26.6 Å². The van der Waals surface area contributed by atoms with Crippen LogP contribution in [0.25, 0.3) is 0 Å². The van der Waals surface area contributed by atoms with Crippen LogP contribution in [0, 0.1) is 11.7 Å². The summed E-state index contributed by atoms with van der Waals surface area (Å²) in [5.41, 5.74) is 0.776. The van der Waals surface area contributed by atoms with Gasteiger partial charge in [-0.1, -0.05) is 6.07 Å². The minimum atomic E-state index is -0.302. The van der Waals surface area contributed by atoms with Gasteiger partial charge >= 0.3 is 0 Å². The van der Waals surface area contributed by atoms with Crippen LogP contribution >= 0.6 is 15.9 Å². The van der Waals surface area contributed by atoms with Crippen molar-refractivity contribution in [2.24, 2.45) is 5.92 Å². The minimum Gasteiger partial charge on any atom is -0.352 e. The molecule has 0 aliphatic carbocycles. The molecule has 1 aromatic carbocycles. The maximum absolute atomic E-state index is 13.3. The van der Waals surface area contributed by atoms with Crippen molar-refractivity contribution in [2.75, 3.05) is 13.1 Å². The number of piperidine rings is 1. The van der Waals surface area contributed by atoms with E-state index in [4.69, 9.17) is 0 Å². The van der Waals surface area contributed by atoms with E-state index in [9.17, 15) is 9.18 Å². The van der Waals surface area contributed by atoms with Crippen molar-refractivity contribution in [1.29, 1.82) is 0 Å². The molecule has 0 radical (unpaired) electrons. The molecule has 1 aliphatic heterocycles. The van der Waals surface area contributed by atoms with Gasteiger partial charge in [0.2, 0.25) is 5.91 Å². The topological polar surface area (TPSA) is 41.1 Å². The summed E-state index contributed by atoms with van der Waals surface area (Å²) in [7, 11) is 0. The van der Waals surface area contributed by atoms with Crippen molar-refractivity contribution >= 4 is 21.8 Å². The Balaban J connectivity index is 1.86. The van der Waals surface area contributed by atoms with Crippen LogP contribution in [0.3, 0.4) is 0 Å². The monoisotopic (exact) mass is 314 g/mol. The molecule has 18 heavy (non-hydrogen) atoms. The molecule has 0 spiro atoms. The molecule has 1 fully saturated rings. The van der Waals surface area contributed by atoms with Gasteiger partial charge in [0.25, 0.3) is 0 Å². The van der Waals surface area contributed by atoms with Crippen LogP contribution < -0.4 is 10.6 Å². The Morgan fingerprint density at radius 3 is 2.83 bits per heavy atom. The maximum Gasteiger partial charge on any atom is 0.223 e. The van der Waals surface area contributed by atoms with Crippen LogP contribution in [0.1, 0.15) is 18.4 Å². The Morgan fingerprint density at radius 1 is 1.44 bits per heavy atom. The first-order chi connectivity index (χ1) is 8.66. The zero-order valence-electron chi connectivity index (χ0n) is 10.0. The number of amides is 1. The Hall–Kier alpha value is -0.940. The normalized spacial score (nSPS) is 16.6. The molecule has 2 rings (SSSR count). The highest BCUT2D eigenvalue weighted by molar-refractivity contribution is 9.10. The number of hydrogen-bond acceptors (Lipinski definition) is 2. The SMILES string of the molecule is O=C(NCc1ccc(Br)c(F)c1)C1CCNCC1. The second-order valence-electron chi connectivity index (χ2n) is 4.49. The number of hydrogen-bond donors (Lipinski definition) is 2. The number of halogens is 2. The summed E-state index contributed by atoms with van der Waals surface area (Å²) in [6.07, 6.45) is 1.75. The van der Waals surface area contributed by atoms with Crippen molar-refractivity contribution in [3.05, 3.63) is 34.1 Å². The largest absolute Gasteiger partial charge is 0.352 e. The van der Waals surface area contributed by atoms with Gasteiger partial charge in [-0.3, -0.25) is 4.79 Å². The molecule has 3 nitrogen and oxygen atoms in total. The summed E-state index contributed by atoms with van der Waals surface area (Å²) in [5, 5.41) is 6.09. The van der Waals surface area contributed by atoms with Gasteiger partial charge in [0.15, 0.2) is 0 Å². The second kappa shape index (κ2) is 6.29. The van der Waals surface area contributed by atoms with Crippen molar-refractivity contribution in [1.82, 2.24) is 10.6 Å². The molecule has 2 N–H and O–H groups in total. The fourth-order valence-corrected chi connectivity index (χ4v) is 2.31. The smallest absolute Gasteiger partial charge is 0.223 e. The lowest BCUT2D eigenvalue weighted by Gasteiger charge is -2.21. The highest BCUT2D eigenvalue weighted by Gasteiger charge is 2.20. The summed E-state index contributed by atoms with van der Waals surface area (Å²) in [6, 6.07) is 4.89. The number of rotatable bonds is 3. The summed E-state index contributed by atoms with van der Waals surface area (Å²) in [5.74, 6) is -0.144. The standard InChI is InChI=1S/C13H16BrFN2O/c14-11-2-1-9(7-12(11)15)8-17-13(18)10-3-5-16-6-4-10/h1-2,7,10,16H,3-6,8H2,(H,17,18). The van der Waals surface area contributed by atoms with E-state index >= 15 is 0 Å². The zero-order valence-corrected chi connectivity index (χ0v) is 11.6. The van der Waals surface area contributed by atoms with Crippen LogP contribution in [0.4, 0.5) is 4.39 Å². The molecule has 1 aliphatic rings. The first-order valence-electron chi connectivity index (χ1n) is 6.09. The Morgan fingerprint density at radius 2 is 2.17 bits per heavy atom. The minimum absolute atomic E-state index is 0.0693. The van der Waals surface area contributed by atoms with E-state index in [1.165, 1.54) is 6.07 Å². The number of carbonyl (C=O) groups excluding carboxylic acids is 1. The zero-order chi connectivity index (χ0) is 13.0. The summed E-state index contributed by atoms with van der Waals surface area (Å²) in [4.78, 5) is 11.9. The number of nitrogens with one attached hydrogen (secondary N) is 2. The lowest BCUT2D eigenvalue weighted by molar-refractivity contribution is -0.125. The Bertz CT molecular complexity index is 433. The van der Waals surface area contributed by atoms with E-state index < -0.39 is 0 Å². The van der Waals surface area contributed by atoms with Crippen LogP contribution in [0.5, 0.6) is 0 Å². The van der Waals surface area contributed by atoms with E-state index in [-0.39, 0.29) is 17.6 Å². The molecule has 0 atom stereocenters. The lowest BCUT2D eigenvalue weighted by Crippen LogP contribution is -2.37. The van der Waals surface area contributed by atoms with Gasteiger partial charge in [-0.15, -0.1) is 0 Å². The van der Waals surface area contributed by atoms with Gasteiger partial charge < -0.3 is 10.6 Å². The Kier molecular flexibility index (Phi) is 4.72. The molecule has 1 amide bonds. The predicted octanol–water partition coefficient (Wildman–Crippen LogP) is 2.20. The highest BCUT2D eigenvalue weighted by Crippen LogP contribution is 2.17. The third kappa shape index (κ3) is 3.53. The third-order valence-corrected chi connectivity index (χ3v) is 3.80. The van der Waals surface area contributed by atoms with Crippen molar-refractivity contribution in [3.63, 3.8) is 0 Å². The molecule has 1 aromatic rings. The van der Waals surface area contributed by atoms with Gasteiger partial charge in [0.05, 0.1) is 4.47 Å². The van der Waals surface area contributed by atoms with E-state index in [0.717, 1.165) is 31.5 Å². The van der Waals surface area contributed by atoms with Crippen molar-refractivity contribution in [3.8, 4) is 0 Å². The molecule has 0 bridgehead atoms. The van der Waals surface area contributed by atoms with Crippen LogP contribution in [-0.4, -0.2) is 19.0 Å². The molecule has 0 aromatic heterocycles. The molecule has 1 saturated heterocycles. The van der Waals surface area contributed by atoms with Gasteiger partial charge in [0.1, 0.15) is 5.82 Å². The molecule has 98 valence electrons. The van der Waals surface area contributed by atoms with Crippen molar-refractivity contribution in [2.45, 2.75) is 19.4 Å². The average molecular weight is 315 g/mol. The van der Waals surface area contributed by atoms with Crippen LogP contribution in [0.15, 0.2) is 22.7 Å². The first-order valence-corrected chi connectivity index (χ1v) is 6.88. The summed E-state index contributed by atoms with van der Waals surface area (Å²) >= 11 is 3.10. The van der Waals surface area contributed by atoms with Gasteiger partial charge in [-0.05, 0) is 59.6 Å². The predicted molar refractivity (Wildman–Crippen MR) is 71.5 cm³/mol. The molecule has 0 saturated carbocycles.